The fourth-order valence-electron chi connectivity index (χ4n) is 3.52. The van der Waals surface area contributed by atoms with E-state index in [0.717, 1.165) is 17.4 Å². The van der Waals surface area contributed by atoms with Crippen molar-refractivity contribution in [1.29, 1.82) is 0 Å². The fourth-order valence-corrected chi connectivity index (χ4v) is 4.56. The second-order valence-corrected chi connectivity index (χ2v) is 8.40. The summed E-state index contributed by atoms with van der Waals surface area (Å²) in [6.07, 6.45) is 1.76. The molecule has 0 aliphatic heterocycles. The number of rotatable bonds is 7. The molecule has 4 rings (SSSR count). The Hall–Kier alpha value is -2.74. The standard InChI is InChI=1S/C22H22F2N4OS/c1-3-4-13-27-20(29)15-9-5-6-10-16(15)26-22(27)30-14(2)19-25-17-11-7-8-12-18(17)28(19)21(23)24/h5-12,14,21H,3-4,13H2,1-2H3. The van der Waals surface area contributed by atoms with Crippen molar-refractivity contribution >= 4 is 33.7 Å². The van der Waals surface area contributed by atoms with Crippen LogP contribution in [-0.2, 0) is 6.54 Å². The van der Waals surface area contributed by atoms with Crippen molar-refractivity contribution < 1.29 is 8.78 Å². The van der Waals surface area contributed by atoms with Crippen molar-refractivity contribution in [1.82, 2.24) is 19.1 Å². The summed E-state index contributed by atoms with van der Waals surface area (Å²) in [5, 5.41) is 0.658. The molecule has 4 aromatic rings. The summed E-state index contributed by atoms with van der Waals surface area (Å²) in [6, 6.07) is 14.1. The number of nitrogens with zero attached hydrogens (tertiary/aromatic N) is 4. The third-order valence-corrected chi connectivity index (χ3v) is 6.11. The van der Waals surface area contributed by atoms with Gasteiger partial charge >= 0.3 is 6.55 Å². The first-order chi connectivity index (χ1) is 14.5. The first-order valence-corrected chi connectivity index (χ1v) is 10.8. The number of fused-ring (bicyclic) bond motifs is 2. The molecule has 0 aliphatic carbocycles. The number of thioether (sulfide) groups is 1. The quantitative estimate of drug-likeness (QED) is 0.276. The van der Waals surface area contributed by atoms with Crippen LogP contribution in [0.25, 0.3) is 21.9 Å². The van der Waals surface area contributed by atoms with Crippen LogP contribution in [0.1, 0.15) is 44.3 Å². The number of halogens is 2. The molecule has 0 spiro atoms. The predicted octanol–water partition coefficient (Wildman–Crippen LogP) is 5.79. The van der Waals surface area contributed by atoms with Gasteiger partial charge in [-0.25, -0.2) is 9.97 Å². The van der Waals surface area contributed by atoms with Crippen molar-refractivity contribution in [2.24, 2.45) is 0 Å². The van der Waals surface area contributed by atoms with E-state index in [1.807, 2.05) is 19.1 Å². The van der Waals surface area contributed by atoms with Crippen LogP contribution in [0.15, 0.2) is 58.5 Å². The second-order valence-electron chi connectivity index (χ2n) is 7.09. The van der Waals surface area contributed by atoms with Gasteiger partial charge in [0.15, 0.2) is 5.16 Å². The van der Waals surface area contributed by atoms with Crippen LogP contribution in [0.3, 0.4) is 0 Å². The van der Waals surface area contributed by atoms with Gasteiger partial charge in [-0.05, 0) is 37.6 Å². The molecule has 2 aromatic heterocycles. The number of benzene rings is 2. The van der Waals surface area contributed by atoms with Crippen molar-refractivity contribution in [3.8, 4) is 0 Å². The van der Waals surface area contributed by atoms with Crippen molar-refractivity contribution in [2.75, 3.05) is 0 Å². The van der Waals surface area contributed by atoms with Crippen LogP contribution >= 0.6 is 11.8 Å². The number of alkyl halides is 2. The maximum Gasteiger partial charge on any atom is 0.320 e. The second kappa shape index (κ2) is 8.55. The van der Waals surface area contributed by atoms with Crippen LogP contribution in [0, 0.1) is 0 Å². The fraction of sp³-hybridized carbons (Fsp3) is 0.318. The van der Waals surface area contributed by atoms with Gasteiger partial charge in [0.1, 0.15) is 5.82 Å². The molecular formula is C22H22F2N4OS. The number of unbranched alkanes of at least 4 members (excludes halogenated alkanes) is 1. The van der Waals surface area contributed by atoms with E-state index in [2.05, 4.69) is 16.9 Å². The van der Waals surface area contributed by atoms with Crippen LogP contribution < -0.4 is 5.56 Å². The smallest absolute Gasteiger partial charge is 0.287 e. The topological polar surface area (TPSA) is 52.7 Å². The van der Waals surface area contributed by atoms with Gasteiger partial charge < -0.3 is 0 Å². The van der Waals surface area contributed by atoms with Crippen molar-refractivity contribution in [3.05, 3.63) is 64.7 Å². The van der Waals surface area contributed by atoms with Crippen molar-refractivity contribution in [3.63, 3.8) is 0 Å². The molecule has 1 atom stereocenters. The highest BCUT2D eigenvalue weighted by Crippen LogP contribution is 2.37. The van der Waals surface area contributed by atoms with Crippen molar-refractivity contribution in [2.45, 2.75) is 50.2 Å². The molecule has 0 bridgehead atoms. The van der Waals surface area contributed by atoms with E-state index < -0.39 is 11.8 Å². The SMILES string of the molecule is CCCCn1c(SC(C)c2nc3ccccc3n2C(F)F)nc2ccccc2c1=O. The summed E-state index contributed by atoms with van der Waals surface area (Å²) < 4.78 is 30.3. The molecule has 0 radical (unpaired) electrons. The van der Waals surface area contributed by atoms with E-state index in [-0.39, 0.29) is 11.4 Å². The van der Waals surface area contributed by atoms with E-state index in [1.165, 1.54) is 11.8 Å². The zero-order chi connectivity index (χ0) is 21.3. The summed E-state index contributed by atoms with van der Waals surface area (Å²) in [4.78, 5) is 22.2. The Morgan fingerprint density at radius 3 is 2.47 bits per heavy atom. The summed E-state index contributed by atoms with van der Waals surface area (Å²) in [7, 11) is 0. The van der Waals surface area contributed by atoms with Crippen LogP contribution in [0.4, 0.5) is 8.78 Å². The average Bonchev–Trinajstić information content (AvgIpc) is 3.14. The van der Waals surface area contributed by atoms with Gasteiger partial charge in [0.2, 0.25) is 0 Å². The maximum absolute atomic E-state index is 13.9. The molecule has 0 aliphatic rings. The number of aromatic nitrogens is 4. The van der Waals surface area contributed by atoms with Gasteiger partial charge in [-0.3, -0.25) is 13.9 Å². The number of hydrogen-bond donors (Lipinski definition) is 0. The summed E-state index contributed by atoms with van der Waals surface area (Å²) in [6.45, 7) is 1.70. The third-order valence-electron chi connectivity index (χ3n) is 5.03. The summed E-state index contributed by atoms with van der Waals surface area (Å²) in [5.74, 6) is 0.264. The minimum atomic E-state index is -2.71. The van der Waals surface area contributed by atoms with Gasteiger partial charge in [-0.1, -0.05) is 49.4 Å². The largest absolute Gasteiger partial charge is 0.320 e. The molecule has 0 N–H and O–H groups in total. The number of para-hydroxylation sites is 3. The monoisotopic (exact) mass is 428 g/mol. The van der Waals surface area contributed by atoms with Crippen LogP contribution in [-0.4, -0.2) is 19.1 Å². The lowest BCUT2D eigenvalue weighted by Gasteiger charge is -2.17. The van der Waals surface area contributed by atoms with E-state index in [1.54, 1.807) is 41.0 Å². The Kier molecular flexibility index (Phi) is 5.85. The molecular weight excluding hydrogens is 406 g/mol. The molecule has 8 heteroatoms. The van der Waals surface area contributed by atoms with Crippen LogP contribution in [0.5, 0.6) is 0 Å². The van der Waals surface area contributed by atoms with Gasteiger partial charge in [-0.15, -0.1) is 0 Å². The van der Waals surface area contributed by atoms with Crippen LogP contribution in [0.2, 0.25) is 0 Å². The van der Waals surface area contributed by atoms with E-state index in [0.29, 0.717) is 33.6 Å². The zero-order valence-corrected chi connectivity index (χ0v) is 17.6. The van der Waals surface area contributed by atoms with Gasteiger partial charge in [0, 0.05) is 6.54 Å². The van der Waals surface area contributed by atoms with E-state index >= 15 is 0 Å². The van der Waals surface area contributed by atoms with E-state index in [4.69, 9.17) is 0 Å². The first-order valence-electron chi connectivity index (χ1n) is 9.92. The van der Waals surface area contributed by atoms with Gasteiger partial charge in [-0.2, -0.15) is 8.78 Å². The Morgan fingerprint density at radius 2 is 1.73 bits per heavy atom. The molecule has 30 heavy (non-hydrogen) atoms. The minimum absolute atomic E-state index is 0.105. The molecule has 156 valence electrons. The molecule has 0 fully saturated rings. The lowest BCUT2D eigenvalue weighted by atomic mass is 10.2. The van der Waals surface area contributed by atoms with E-state index in [9.17, 15) is 13.6 Å². The Bertz CT molecular complexity index is 1250. The molecule has 0 amide bonds. The number of hydrogen-bond acceptors (Lipinski definition) is 4. The number of imidazole rings is 1. The summed E-state index contributed by atoms with van der Waals surface area (Å²) in [5.41, 5.74) is 1.42. The predicted molar refractivity (Wildman–Crippen MR) is 116 cm³/mol. The molecule has 0 saturated heterocycles. The average molecular weight is 429 g/mol. The third kappa shape index (κ3) is 3.71. The molecule has 5 nitrogen and oxygen atoms in total. The maximum atomic E-state index is 13.9. The normalized spacial score (nSPS) is 12.8. The molecule has 2 aromatic carbocycles. The highest BCUT2D eigenvalue weighted by molar-refractivity contribution is 7.99. The molecule has 0 saturated carbocycles. The minimum Gasteiger partial charge on any atom is -0.287 e. The zero-order valence-electron chi connectivity index (χ0n) is 16.8. The van der Waals surface area contributed by atoms with Gasteiger partial charge in [0.25, 0.3) is 5.56 Å². The highest BCUT2D eigenvalue weighted by atomic mass is 32.2. The lowest BCUT2D eigenvalue weighted by molar-refractivity contribution is 0.0715. The Balaban J connectivity index is 1.80. The Labute approximate surface area is 176 Å². The molecule has 2 heterocycles. The molecule has 1 unspecified atom stereocenters. The summed E-state index contributed by atoms with van der Waals surface area (Å²) >= 11 is 1.28. The Morgan fingerprint density at radius 1 is 1.03 bits per heavy atom. The highest BCUT2D eigenvalue weighted by Gasteiger charge is 2.24. The van der Waals surface area contributed by atoms with Gasteiger partial charge in [0.05, 0.1) is 27.2 Å². The lowest BCUT2D eigenvalue weighted by Crippen LogP contribution is -2.23. The first kappa shape index (κ1) is 20.5.